The number of pyridine rings is 1. The third-order valence-corrected chi connectivity index (χ3v) is 5.93. The summed E-state index contributed by atoms with van der Waals surface area (Å²) >= 11 is 0. The standard InChI is InChI=1S/C28H30N4O2/c1-20(2)23-10-12-24(13-11-23)28-30-26(34-31-28)14-15-27(33)32(18-22-8-6-16-29-17-22)19-25-9-5-4-7-21(25)3/h4-13,16-17,20H,14-15,18-19H2,1-3H3. The van der Waals surface area contributed by atoms with Crippen molar-refractivity contribution in [3.63, 3.8) is 0 Å². The van der Waals surface area contributed by atoms with Gasteiger partial charge < -0.3 is 9.42 Å². The van der Waals surface area contributed by atoms with E-state index in [-0.39, 0.29) is 5.91 Å². The Labute approximate surface area is 200 Å². The summed E-state index contributed by atoms with van der Waals surface area (Å²) in [4.78, 5) is 23.8. The van der Waals surface area contributed by atoms with Crippen molar-refractivity contribution in [1.82, 2.24) is 20.0 Å². The van der Waals surface area contributed by atoms with Crippen LogP contribution in [0.25, 0.3) is 11.4 Å². The SMILES string of the molecule is Cc1ccccc1CN(Cc1cccnc1)C(=O)CCc1nc(-c2ccc(C(C)C)cc2)no1. The number of benzene rings is 2. The molecule has 0 radical (unpaired) electrons. The summed E-state index contributed by atoms with van der Waals surface area (Å²) < 4.78 is 5.44. The fourth-order valence-electron chi connectivity index (χ4n) is 3.80. The Morgan fingerprint density at radius 2 is 1.79 bits per heavy atom. The van der Waals surface area contributed by atoms with E-state index in [2.05, 4.69) is 60.2 Å². The van der Waals surface area contributed by atoms with Crippen molar-refractivity contribution >= 4 is 5.91 Å². The second-order valence-corrected chi connectivity index (χ2v) is 8.83. The average molecular weight is 455 g/mol. The summed E-state index contributed by atoms with van der Waals surface area (Å²) in [5.41, 5.74) is 5.46. The van der Waals surface area contributed by atoms with E-state index in [0.717, 1.165) is 22.3 Å². The van der Waals surface area contributed by atoms with Crippen LogP contribution in [0.5, 0.6) is 0 Å². The van der Waals surface area contributed by atoms with E-state index < -0.39 is 0 Å². The quantitative estimate of drug-likeness (QED) is 0.323. The topological polar surface area (TPSA) is 72.1 Å². The number of aromatic nitrogens is 3. The number of rotatable bonds is 9. The lowest BCUT2D eigenvalue weighted by atomic mass is 10.0. The zero-order valence-corrected chi connectivity index (χ0v) is 19.9. The fourth-order valence-corrected chi connectivity index (χ4v) is 3.80. The van der Waals surface area contributed by atoms with Gasteiger partial charge in [0.1, 0.15) is 0 Å². The molecular formula is C28H30N4O2. The van der Waals surface area contributed by atoms with Crippen molar-refractivity contribution in [3.8, 4) is 11.4 Å². The molecule has 0 aliphatic rings. The first-order valence-corrected chi connectivity index (χ1v) is 11.6. The Hall–Kier alpha value is -3.80. The largest absolute Gasteiger partial charge is 0.339 e. The normalized spacial score (nSPS) is 11.1. The summed E-state index contributed by atoms with van der Waals surface area (Å²) in [6, 6.07) is 20.2. The molecule has 2 heterocycles. The third-order valence-electron chi connectivity index (χ3n) is 5.93. The molecule has 0 atom stereocenters. The van der Waals surface area contributed by atoms with Crippen LogP contribution < -0.4 is 0 Å². The lowest BCUT2D eigenvalue weighted by Crippen LogP contribution is -2.30. The number of aryl methyl sites for hydroxylation is 2. The van der Waals surface area contributed by atoms with E-state index in [0.29, 0.717) is 43.6 Å². The van der Waals surface area contributed by atoms with E-state index in [1.54, 1.807) is 12.4 Å². The summed E-state index contributed by atoms with van der Waals surface area (Å²) in [5.74, 6) is 1.52. The Morgan fingerprint density at radius 1 is 1.00 bits per heavy atom. The maximum Gasteiger partial charge on any atom is 0.227 e. The number of nitrogens with zero attached hydrogens (tertiary/aromatic N) is 4. The van der Waals surface area contributed by atoms with Gasteiger partial charge in [-0.05, 0) is 41.2 Å². The van der Waals surface area contributed by atoms with Crippen LogP contribution in [0.3, 0.4) is 0 Å². The molecule has 0 aliphatic heterocycles. The van der Waals surface area contributed by atoms with Gasteiger partial charge in [0.05, 0.1) is 0 Å². The molecule has 0 bridgehead atoms. The highest BCUT2D eigenvalue weighted by Crippen LogP contribution is 2.21. The average Bonchev–Trinajstić information content (AvgIpc) is 3.33. The molecule has 0 fully saturated rings. The highest BCUT2D eigenvalue weighted by molar-refractivity contribution is 5.76. The molecule has 6 nitrogen and oxygen atoms in total. The molecule has 6 heteroatoms. The van der Waals surface area contributed by atoms with Crippen LogP contribution in [0.2, 0.25) is 0 Å². The van der Waals surface area contributed by atoms with Crippen LogP contribution in [0.4, 0.5) is 0 Å². The molecular weight excluding hydrogens is 424 g/mol. The number of hydrogen-bond donors (Lipinski definition) is 0. The number of hydrogen-bond acceptors (Lipinski definition) is 5. The number of amides is 1. The fraction of sp³-hybridized carbons (Fsp3) is 0.286. The molecule has 0 saturated carbocycles. The Morgan fingerprint density at radius 3 is 2.50 bits per heavy atom. The van der Waals surface area contributed by atoms with Crippen LogP contribution in [0.15, 0.2) is 77.6 Å². The highest BCUT2D eigenvalue weighted by Gasteiger charge is 2.18. The van der Waals surface area contributed by atoms with Gasteiger partial charge in [0.25, 0.3) is 0 Å². The third kappa shape index (κ3) is 5.95. The highest BCUT2D eigenvalue weighted by atomic mass is 16.5. The molecule has 174 valence electrons. The van der Waals surface area contributed by atoms with Crippen molar-refractivity contribution in [2.75, 3.05) is 0 Å². The molecule has 1 amide bonds. The maximum atomic E-state index is 13.2. The molecule has 34 heavy (non-hydrogen) atoms. The predicted octanol–water partition coefficient (Wildman–Crippen LogP) is 5.73. The monoisotopic (exact) mass is 454 g/mol. The maximum absolute atomic E-state index is 13.2. The van der Waals surface area contributed by atoms with E-state index in [4.69, 9.17) is 4.52 Å². The second-order valence-electron chi connectivity index (χ2n) is 8.83. The first kappa shape index (κ1) is 23.4. The lowest BCUT2D eigenvalue weighted by Gasteiger charge is -2.23. The smallest absolute Gasteiger partial charge is 0.227 e. The molecule has 2 aromatic heterocycles. The van der Waals surface area contributed by atoms with Crippen molar-refractivity contribution in [2.24, 2.45) is 0 Å². The first-order chi connectivity index (χ1) is 16.5. The first-order valence-electron chi connectivity index (χ1n) is 11.6. The molecule has 0 aliphatic carbocycles. The minimum absolute atomic E-state index is 0.0353. The van der Waals surface area contributed by atoms with Gasteiger partial charge in [0.2, 0.25) is 17.6 Å². The molecule has 0 spiro atoms. The van der Waals surface area contributed by atoms with E-state index in [1.807, 2.05) is 41.3 Å². The summed E-state index contributed by atoms with van der Waals surface area (Å²) in [6.45, 7) is 7.43. The van der Waals surface area contributed by atoms with Gasteiger partial charge in [-0.15, -0.1) is 0 Å². The summed E-state index contributed by atoms with van der Waals surface area (Å²) in [6.07, 6.45) is 4.22. The lowest BCUT2D eigenvalue weighted by molar-refractivity contribution is -0.132. The zero-order valence-electron chi connectivity index (χ0n) is 19.9. The molecule has 0 saturated heterocycles. The van der Waals surface area contributed by atoms with Crippen molar-refractivity contribution in [2.45, 2.75) is 52.6 Å². The Bertz CT molecular complexity index is 1220. The molecule has 0 unspecified atom stereocenters. The van der Waals surface area contributed by atoms with Crippen LogP contribution in [-0.4, -0.2) is 25.9 Å². The summed E-state index contributed by atoms with van der Waals surface area (Å²) in [7, 11) is 0. The minimum Gasteiger partial charge on any atom is -0.339 e. The second kappa shape index (κ2) is 10.9. The van der Waals surface area contributed by atoms with Gasteiger partial charge in [-0.3, -0.25) is 9.78 Å². The van der Waals surface area contributed by atoms with Gasteiger partial charge in [-0.2, -0.15) is 4.98 Å². The van der Waals surface area contributed by atoms with E-state index >= 15 is 0 Å². The summed E-state index contributed by atoms with van der Waals surface area (Å²) in [5, 5.41) is 4.11. The minimum atomic E-state index is 0.0353. The molecule has 0 N–H and O–H groups in total. The Kier molecular flexibility index (Phi) is 7.48. The van der Waals surface area contributed by atoms with Crippen LogP contribution in [0, 0.1) is 6.92 Å². The zero-order chi connectivity index (χ0) is 23.9. The van der Waals surface area contributed by atoms with Gasteiger partial charge >= 0.3 is 0 Å². The van der Waals surface area contributed by atoms with Gasteiger partial charge in [-0.25, -0.2) is 0 Å². The molecule has 4 aromatic rings. The van der Waals surface area contributed by atoms with Crippen molar-refractivity contribution < 1.29 is 9.32 Å². The van der Waals surface area contributed by atoms with Gasteiger partial charge in [0.15, 0.2) is 0 Å². The number of carbonyl (C=O) groups is 1. The Balaban J connectivity index is 1.43. The van der Waals surface area contributed by atoms with Crippen molar-refractivity contribution in [1.29, 1.82) is 0 Å². The van der Waals surface area contributed by atoms with Gasteiger partial charge in [-0.1, -0.05) is 73.6 Å². The van der Waals surface area contributed by atoms with E-state index in [1.165, 1.54) is 5.56 Å². The van der Waals surface area contributed by atoms with Crippen LogP contribution in [0.1, 0.15) is 54.3 Å². The molecule has 2 aromatic carbocycles. The van der Waals surface area contributed by atoms with Crippen molar-refractivity contribution in [3.05, 3.63) is 101 Å². The molecule has 4 rings (SSSR count). The number of carbonyl (C=O) groups excluding carboxylic acids is 1. The van der Waals surface area contributed by atoms with E-state index in [9.17, 15) is 4.79 Å². The van der Waals surface area contributed by atoms with Crippen LogP contribution in [-0.2, 0) is 24.3 Å². The van der Waals surface area contributed by atoms with Crippen LogP contribution >= 0.6 is 0 Å². The predicted molar refractivity (Wildman–Crippen MR) is 132 cm³/mol. The van der Waals surface area contributed by atoms with Gasteiger partial charge in [0, 0.05) is 43.9 Å².